The first-order valence-corrected chi connectivity index (χ1v) is 5.33. The molecule has 1 heterocycles. The van der Waals surface area contributed by atoms with Gasteiger partial charge in [0.1, 0.15) is 5.76 Å². The van der Waals surface area contributed by atoms with Gasteiger partial charge in [-0.25, -0.2) is 0 Å². The third-order valence-electron chi connectivity index (χ3n) is 2.44. The predicted octanol–water partition coefficient (Wildman–Crippen LogP) is 3.00. The minimum atomic E-state index is 0.442. The van der Waals surface area contributed by atoms with Crippen LogP contribution in [0.2, 0.25) is 0 Å². The molecule has 0 saturated carbocycles. The molecule has 0 fully saturated rings. The van der Waals surface area contributed by atoms with Crippen molar-refractivity contribution in [3.8, 4) is 0 Å². The first kappa shape index (κ1) is 10.8. The number of hydrogen-bond acceptors (Lipinski definition) is 2. The topological polar surface area (TPSA) is 25.2 Å². The molecular weight excluding hydrogens is 230 g/mol. The molecule has 1 aromatic rings. The van der Waals surface area contributed by atoms with Crippen LogP contribution in [0.4, 0.5) is 0 Å². The Hall–Kier alpha value is -0.280. The zero-order valence-corrected chi connectivity index (χ0v) is 9.89. The average molecular weight is 246 g/mol. The van der Waals surface area contributed by atoms with Crippen molar-refractivity contribution in [3.05, 3.63) is 22.6 Å². The van der Waals surface area contributed by atoms with Gasteiger partial charge < -0.3 is 9.73 Å². The minimum Gasteiger partial charge on any atom is -0.468 e. The molecule has 74 valence electrons. The number of nitrogens with one attached hydrogen (secondary N) is 1. The van der Waals surface area contributed by atoms with Crippen molar-refractivity contribution in [2.45, 2.75) is 19.8 Å². The first-order valence-electron chi connectivity index (χ1n) is 4.54. The Bertz CT molecular complexity index is 259. The first-order chi connectivity index (χ1) is 6.16. The van der Waals surface area contributed by atoms with E-state index < -0.39 is 0 Å². The van der Waals surface area contributed by atoms with Gasteiger partial charge in [-0.3, -0.25) is 0 Å². The molecule has 0 aromatic carbocycles. The molecule has 0 amide bonds. The van der Waals surface area contributed by atoms with Crippen LogP contribution in [0.5, 0.6) is 0 Å². The van der Waals surface area contributed by atoms with Crippen molar-refractivity contribution < 1.29 is 4.42 Å². The molecular formula is C10H16BrNO. The molecule has 0 aliphatic rings. The van der Waals surface area contributed by atoms with Gasteiger partial charge in [-0.2, -0.15) is 0 Å². The van der Waals surface area contributed by atoms with Crippen molar-refractivity contribution in [1.82, 2.24) is 5.32 Å². The monoisotopic (exact) mass is 245 g/mol. The molecule has 0 spiro atoms. The Balaban J connectivity index is 2.67. The van der Waals surface area contributed by atoms with Crippen LogP contribution in [0.3, 0.4) is 0 Å². The molecule has 0 aliphatic heterocycles. The van der Waals surface area contributed by atoms with Crippen LogP contribution in [0.15, 0.2) is 21.2 Å². The summed E-state index contributed by atoms with van der Waals surface area (Å²) < 4.78 is 6.49. The highest BCUT2D eigenvalue weighted by atomic mass is 79.9. The summed E-state index contributed by atoms with van der Waals surface area (Å²) >= 11 is 3.47. The molecule has 3 heteroatoms. The average Bonchev–Trinajstić information content (AvgIpc) is 2.50. The van der Waals surface area contributed by atoms with Crippen LogP contribution in [-0.2, 0) is 0 Å². The fourth-order valence-corrected chi connectivity index (χ4v) is 1.95. The third kappa shape index (κ3) is 2.58. The standard InChI is InChI=1S/C10H16BrNO/c1-7(6-12-3)8(2)10-9(11)4-5-13-10/h4-5,7-8,12H,6H2,1-3H3. The highest BCUT2D eigenvalue weighted by Gasteiger charge is 2.18. The van der Waals surface area contributed by atoms with Gasteiger partial charge in [-0.15, -0.1) is 0 Å². The lowest BCUT2D eigenvalue weighted by molar-refractivity contribution is 0.386. The van der Waals surface area contributed by atoms with E-state index in [0.29, 0.717) is 11.8 Å². The van der Waals surface area contributed by atoms with Gasteiger partial charge in [0, 0.05) is 5.92 Å². The Morgan fingerprint density at radius 1 is 1.54 bits per heavy atom. The lowest BCUT2D eigenvalue weighted by atomic mass is 9.94. The Morgan fingerprint density at radius 2 is 2.23 bits per heavy atom. The van der Waals surface area contributed by atoms with Crippen molar-refractivity contribution in [3.63, 3.8) is 0 Å². The summed E-state index contributed by atoms with van der Waals surface area (Å²) in [6.45, 7) is 5.41. The van der Waals surface area contributed by atoms with E-state index in [-0.39, 0.29) is 0 Å². The SMILES string of the molecule is CNCC(C)C(C)c1occc1Br. The second-order valence-corrected chi connectivity index (χ2v) is 4.31. The molecule has 0 bridgehead atoms. The van der Waals surface area contributed by atoms with Crippen molar-refractivity contribution in [2.24, 2.45) is 5.92 Å². The van der Waals surface area contributed by atoms with Crippen molar-refractivity contribution >= 4 is 15.9 Å². The van der Waals surface area contributed by atoms with Crippen LogP contribution >= 0.6 is 15.9 Å². The van der Waals surface area contributed by atoms with Crippen molar-refractivity contribution in [2.75, 3.05) is 13.6 Å². The van der Waals surface area contributed by atoms with Crippen molar-refractivity contribution in [1.29, 1.82) is 0 Å². The second kappa shape index (κ2) is 4.82. The Labute approximate surface area is 87.8 Å². The number of furan rings is 1. The van der Waals surface area contributed by atoms with Gasteiger partial charge in [0.15, 0.2) is 0 Å². The maximum Gasteiger partial charge on any atom is 0.121 e. The van der Waals surface area contributed by atoms with Crippen LogP contribution in [0.25, 0.3) is 0 Å². The molecule has 1 N–H and O–H groups in total. The second-order valence-electron chi connectivity index (χ2n) is 3.46. The van der Waals surface area contributed by atoms with Crippen LogP contribution in [-0.4, -0.2) is 13.6 Å². The summed E-state index contributed by atoms with van der Waals surface area (Å²) in [5.74, 6) is 2.06. The summed E-state index contributed by atoms with van der Waals surface area (Å²) in [4.78, 5) is 0. The highest BCUT2D eigenvalue weighted by molar-refractivity contribution is 9.10. The molecule has 2 nitrogen and oxygen atoms in total. The van der Waals surface area contributed by atoms with Gasteiger partial charge in [-0.05, 0) is 41.5 Å². The molecule has 13 heavy (non-hydrogen) atoms. The van der Waals surface area contributed by atoms with Gasteiger partial charge in [0.2, 0.25) is 0 Å². The Morgan fingerprint density at radius 3 is 2.69 bits per heavy atom. The molecule has 0 radical (unpaired) electrons. The van der Waals surface area contributed by atoms with E-state index in [4.69, 9.17) is 4.42 Å². The summed E-state index contributed by atoms with van der Waals surface area (Å²) in [6.07, 6.45) is 1.72. The third-order valence-corrected chi connectivity index (χ3v) is 3.09. The molecule has 1 rings (SSSR count). The molecule has 2 unspecified atom stereocenters. The molecule has 0 aliphatic carbocycles. The van der Waals surface area contributed by atoms with Gasteiger partial charge in [-0.1, -0.05) is 13.8 Å². The van der Waals surface area contributed by atoms with E-state index >= 15 is 0 Å². The van der Waals surface area contributed by atoms with Crippen LogP contribution in [0, 0.1) is 5.92 Å². The lowest BCUT2D eigenvalue weighted by Crippen LogP contribution is -2.20. The van der Waals surface area contributed by atoms with Gasteiger partial charge in [0.05, 0.1) is 10.7 Å². The lowest BCUT2D eigenvalue weighted by Gasteiger charge is -2.17. The van der Waals surface area contributed by atoms with E-state index in [2.05, 4.69) is 35.1 Å². The summed E-state index contributed by atoms with van der Waals surface area (Å²) in [6, 6.07) is 1.94. The molecule has 1 aromatic heterocycles. The van der Waals surface area contributed by atoms with E-state index in [1.165, 1.54) is 0 Å². The van der Waals surface area contributed by atoms with E-state index in [1.807, 2.05) is 13.1 Å². The normalized spacial score (nSPS) is 15.7. The van der Waals surface area contributed by atoms with E-state index in [9.17, 15) is 0 Å². The maximum absolute atomic E-state index is 5.42. The number of rotatable bonds is 4. The quantitative estimate of drug-likeness (QED) is 0.883. The maximum atomic E-state index is 5.42. The van der Waals surface area contributed by atoms with E-state index in [0.717, 1.165) is 16.8 Å². The summed E-state index contributed by atoms with van der Waals surface area (Å²) in [5.41, 5.74) is 0. The number of hydrogen-bond donors (Lipinski definition) is 1. The predicted molar refractivity (Wildman–Crippen MR) is 57.9 cm³/mol. The zero-order chi connectivity index (χ0) is 9.84. The Kier molecular flexibility index (Phi) is 4.00. The van der Waals surface area contributed by atoms with E-state index in [1.54, 1.807) is 6.26 Å². The summed E-state index contributed by atoms with van der Waals surface area (Å²) in [5, 5.41) is 3.17. The van der Waals surface area contributed by atoms with Gasteiger partial charge in [0.25, 0.3) is 0 Å². The largest absolute Gasteiger partial charge is 0.468 e. The van der Waals surface area contributed by atoms with Crippen LogP contribution < -0.4 is 5.32 Å². The summed E-state index contributed by atoms with van der Waals surface area (Å²) in [7, 11) is 1.97. The highest BCUT2D eigenvalue weighted by Crippen LogP contribution is 2.30. The number of halogens is 1. The zero-order valence-electron chi connectivity index (χ0n) is 8.30. The van der Waals surface area contributed by atoms with Gasteiger partial charge >= 0.3 is 0 Å². The van der Waals surface area contributed by atoms with Crippen LogP contribution in [0.1, 0.15) is 25.5 Å². The minimum absolute atomic E-state index is 0.442. The molecule has 2 atom stereocenters. The molecule has 0 saturated heterocycles. The fourth-order valence-electron chi connectivity index (χ4n) is 1.39. The smallest absolute Gasteiger partial charge is 0.121 e. The fraction of sp³-hybridized carbons (Fsp3) is 0.600.